The molecular formula is C25H21F5N8O. The number of nitrogens with two attached hydrogens (primary N) is 1. The van der Waals surface area contributed by atoms with E-state index in [1.807, 2.05) is 0 Å². The molecule has 6 rings (SSSR count). The second-order valence-corrected chi connectivity index (χ2v) is 9.67. The summed E-state index contributed by atoms with van der Waals surface area (Å²) in [5.41, 5.74) is 6.41. The Labute approximate surface area is 217 Å². The summed E-state index contributed by atoms with van der Waals surface area (Å²) in [6.07, 6.45) is -0.957. The van der Waals surface area contributed by atoms with Gasteiger partial charge >= 0.3 is 6.18 Å². The molecule has 1 aliphatic heterocycles. The van der Waals surface area contributed by atoms with Crippen LogP contribution in [0.25, 0.3) is 17.2 Å². The lowest BCUT2D eigenvalue weighted by Gasteiger charge is -2.27. The summed E-state index contributed by atoms with van der Waals surface area (Å²) in [4.78, 5) is 35.3. The molecule has 4 aromatic rings. The molecule has 1 atom stereocenters. The van der Waals surface area contributed by atoms with Gasteiger partial charge in [-0.3, -0.25) is 9.78 Å². The van der Waals surface area contributed by atoms with Crippen molar-refractivity contribution in [2.45, 2.75) is 50.1 Å². The van der Waals surface area contributed by atoms with Crippen molar-refractivity contribution in [2.24, 2.45) is 5.92 Å². The molecule has 1 unspecified atom stereocenters. The van der Waals surface area contributed by atoms with E-state index in [1.54, 1.807) is 16.8 Å². The van der Waals surface area contributed by atoms with Gasteiger partial charge in [0.1, 0.15) is 22.7 Å². The van der Waals surface area contributed by atoms with E-state index in [2.05, 4.69) is 30.2 Å². The average Bonchev–Trinajstić information content (AvgIpc) is 3.53. The maximum absolute atomic E-state index is 13.5. The number of hydrogen-bond donors (Lipinski definition) is 2. The van der Waals surface area contributed by atoms with Crippen LogP contribution < -0.4 is 11.1 Å². The van der Waals surface area contributed by atoms with Gasteiger partial charge in [-0.25, -0.2) is 28.7 Å². The summed E-state index contributed by atoms with van der Waals surface area (Å²) in [5, 5.41) is 2.76. The highest BCUT2D eigenvalue weighted by Gasteiger charge is 2.60. The Hall–Kier alpha value is -4.23. The predicted molar refractivity (Wildman–Crippen MR) is 129 cm³/mol. The first kappa shape index (κ1) is 25.1. The maximum atomic E-state index is 13.5. The van der Waals surface area contributed by atoms with Gasteiger partial charge in [-0.15, -0.1) is 0 Å². The lowest BCUT2D eigenvalue weighted by Crippen LogP contribution is -2.39. The molecule has 1 aliphatic carbocycles. The number of fused-ring (bicyclic) bond motifs is 2. The number of carbonyl (C=O) groups is 1. The van der Waals surface area contributed by atoms with E-state index < -0.39 is 30.3 Å². The van der Waals surface area contributed by atoms with Gasteiger partial charge < -0.3 is 15.5 Å². The normalized spacial score (nSPS) is 19.1. The molecule has 0 radical (unpaired) electrons. The van der Waals surface area contributed by atoms with E-state index in [0.29, 0.717) is 29.7 Å². The molecule has 202 valence electrons. The van der Waals surface area contributed by atoms with Crippen molar-refractivity contribution in [1.82, 2.24) is 29.3 Å². The molecule has 9 nitrogen and oxygen atoms in total. The van der Waals surface area contributed by atoms with E-state index in [9.17, 15) is 26.7 Å². The number of rotatable bonds is 7. The van der Waals surface area contributed by atoms with Crippen molar-refractivity contribution in [2.75, 3.05) is 11.1 Å². The number of anilines is 2. The summed E-state index contributed by atoms with van der Waals surface area (Å²) >= 11 is 0. The SMILES string of the molecule is Nc1nc(-c2cn3ccnc3c(CCCC(F)(F)F)n2)nc2c1C(c1ccc(C(F)F)cn1)(C1CC1)C(=O)N2. The van der Waals surface area contributed by atoms with E-state index in [0.717, 1.165) is 6.20 Å². The molecule has 4 aromatic heterocycles. The zero-order valence-electron chi connectivity index (χ0n) is 20.2. The highest BCUT2D eigenvalue weighted by atomic mass is 19.4. The van der Waals surface area contributed by atoms with Crippen molar-refractivity contribution >= 4 is 23.2 Å². The zero-order chi connectivity index (χ0) is 27.5. The average molecular weight is 544 g/mol. The topological polar surface area (TPSA) is 124 Å². The Morgan fingerprint density at radius 3 is 2.62 bits per heavy atom. The molecular weight excluding hydrogens is 523 g/mol. The third-order valence-electron chi connectivity index (χ3n) is 7.10. The molecule has 1 fully saturated rings. The van der Waals surface area contributed by atoms with Crippen molar-refractivity contribution in [1.29, 1.82) is 0 Å². The summed E-state index contributed by atoms with van der Waals surface area (Å²) < 4.78 is 66.0. The van der Waals surface area contributed by atoms with Crippen LogP contribution in [0, 0.1) is 5.92 Å². The van der Waals surface area contributed by atoms with E-state index in [-0.39, 0.29) is 53.2 Å². The number of imidazole rings is 1. The summed E-state index contributed by atoms with van der Waals surface area (Å²) in [7, 11) is 0. The summed E-state index contributed by atoms with van der Waals surface area (Å²) in [5.74, 6) is -0.388. The van der Waals surface area contributed by atoms with Crippen molar-refractivity contribution in [3.05, 3.63) is 59.4 Å². The summed E-state index contributed by atoms with van der Waals surface area (Å²) in [6, 6.07) is 2.64. The second-order valence-electron chi connectivity index (χ2n) is 9.67. The Balaban J connectivity index is 1.42. The highest BCUT2D eigenvalue weighted by Crippen LogP contribution is 2.57. The molecule has 1 amide bonds. The largest absolute Gasteiger partial charge is 0.389 e. The first-order valence-electron chi connectivity index (χ1n) is 12.2. The molecule has 0 saturated heterocycles. The molecule has 5 heterocycles. The maximum Gasteiger partial charge on any atom is 0.389 e. The number of aromatic nitrogens is 6. The standard InChI is InChI=1S/C25H21F5N8O/c26-18(27)12-3-6-16(33-10-12)25(13-4-5-13)17-19(31)35-20(36-21(17)37-23(25)39)15-11-38-9-8-32-22(38)14(34-15)2-1-7-24(28,29)30/h3,6,8-11,13,18H,1-2,4-5,7H2,(H3,31,35,36,37,39). The number of nitrogens with one attached hydrogen (secondary N) is 1. The number of nitrogens with zero attached hydrogens (tertiary/aromatic N) is 6. The van der Waals surface area contributed by atoms with Crippen LogP contribution in [0.5, 0.6) is 0 Å². The minimum absolute atomic E-state index is 0.00821. The van der Waals surface area contributed by atoms with Crippen LogP contribution in [0.2, 0.25) is 0 Å². The molecule has 14 heteroatoms. The Morgan fingerprint density at radius 1 is 1.15 bits per heavy atom. The fourth-order valence-electron chi connectivity index (χ4n) is 5.25. The van der Waals surface area contributed by atoms with Crippen LogP contribution >= 0.6 is 0 Å². The van der Waals surface area contributed by atoms with E-state index in [1.165, 1.54) is 18.3 Å². The van der Waals surface area contributed by atoms with Gasteiger partial charge in [-0.05, 0) is 43.7 Å². The van der Waals surface area contributed by atoms with Crippen LogP contribution in [0.15, 0.2) is 36.9 Å². The second kappa shape index (κ2) is 8.92. The van der Waals surface area contributed by atoms with E-state index >= 15 is 0 Å². The number of carbonyl (C=O) groups excluding carboxylic acids is 1. The van der Waals surface area contributed by atoms with Crippen molar-refractivity contribution in [3.63, 3.8) is 0 Å². The van der Waals surface area contributed by atoms with Crippen molar-refractivity contribution < 1.29 is 26.7 Å². The number of halogens is 5. The molecule has 0 aromatic carbocycles. The van der Waals surface area contributed by atoms with Gasteiger partial charge in [0.05, 0.1) is 17.0 Å². The minimum Gasteiger partial charge on any atom is -0.383 e. The van der Waals surface area contributed by atoms with Gasteiger partial charge in [-0.2, -0.15) is 13.2 Å². The van der Waals surface area contributed by atoms with Gasteiger partial charge in [-0.1, -0.05) is 0 Å². The number of pyridine rings is 1. The molecule has 0 spiro atoms. The first-order chi connectivity index (χ1) is 18.6. The summed E-state index contributed by atoms with van der Waals surface area (Å²) in [6.45, 7) is 0. The van der Waals surface area contributed by atoms with Gasteiger partial charge in [0.2, 0.25) is 5.91 Å². The van der Waals surface area contributed by atoms with Crippen LogP contribution in [0.3, 0.4) is 0 Å². The van der Waals surface area contributed by atoms with Crippen LogP contribution in [0.4, 0.5) is 33.6 Å². The predicted octanol–water partition coefficient (Wildman–Crippen LogP) is 4.63. The van der Waals surface area contributed by atoms with E-state index in [4.69, 9.17) is 5.73 Å². The zero-order valence-corrected chi connectivity index (χ0v) is 20.2. The Kier molecular flexibility index (Phi) is 5.73. The van der Waals surface area contributed by atoms with Crippen LogP contribution in [-0.2, 0) is 16.6 Å². The first-order valence-corrected chi connectivity index (χ1v) is 12.2. The number of nitrogen functional groups attached to an aromatic ring is 1. The quantitative estimate of drug-likeness (QED) is 0.325. The third-order valence-corrected chi connectivity index (χ3v) is 7.10. The number of aryl methyl sites for hydroxylation is 1. The number of alkyl halides is 5. The number of amides is 1. The fourth-order valence-corrected chi connectivity index (χ4v) is 5.25. The lowest BCUT2D eigenvalue weighted by molar-refractivity contribution is -0.135. The fraction of sp³-hybridized carbons (Fsp3) is 0.360. The lowest BCUT2D eigenvalue weighted by atomic mass is 9.74. The molecule has 0 bridgehead atoms. The monoisotopic (exact) mass is 544 g/mol. The van der Waals surface area contributed by atoms with Gasteiger partial charge in [0.15, 0.2) is 11.5 Å². The van der Waals surface area contributed by atoms with Crippen LogP contribution in [0.1, 0.15) is 54.6 Å². The van der Waals surface area contributed by atoms with Crippen LogP contribution in [-0.4, -0.2) is 41.4 Å². The Morgan fingerprint density at radius 2 is 1.95 bits per heavy atom. The number of hydrogen-bond acceptors (Lipinski definition) is 7. The van der Waals surface area contributed by atoms with Gasteiger partial charge in [0, 0.05) is 36.8 Å². The minimum atomic E-state index is -4.29. The molecule has 39 heavy (non-hydrogen) atoms. The third kappa shape index (κ3) is 4.23. The Bertz CT molecular complexity index is 1580. The molecule has 1 saturated carbocycles. The smallest absolute Gasteiger partial charge is 0.383 e. The van der Waals surface area contributed by atoms with Crippen molar-refractivity contribution in [3.8, 4) is 11.5 Å². The van der Waals surface area contributed by atoms with Gasteiger partial charge in [0.25, 0.3) is 6.43 Å². The molecule has 2 aliphatic rings. The highest BCUT2D eigenvalue weighted by molar-refractivity contribution is 6.09. The molecule has 3 N–H and O–H groups in total.